The Morgan fingerprint density at radius 1 is 0.594 bits per heavy atom. The fraction of sp³-hybridized carbons (Fsp3) is 0.0741. The minimum atomic E-state index is -0.518. The number of nitrogens with zero attached hydrogens (tertiary/aromatic N) is 4. The first-order chi connectivity index (χ1) is 33.7. The topological polar surface area (TPSA) is 129 Å². The Hall–Kier alpha value is -7.72. The van der Waals surface area contributed by atoms with E-state index in [1.165, 1.54) is 22.7 Å². The average Bonchev–Trinajstić information content (AvgIpc) is 4.09. The van der Waals surface area contributed by atoms with Crippen LogP contribution in [0.15, 0.2) is 185 Å². The summed E-state index contributed by atoms with van der Waals surface area (Å²) in [6, 6.07) is 39.5. The summed E-state index contributed by atoms with van der Waals surface area (Å²) in [4.78, 5) is 42.6. The van der Waals surface area contributed by atoms with Gasteiger partial charge in [0.15, 0.2) is 11.6 Å². The van der Waals surface area contributed by atoms with E-state index in [1.807, 2.05) is 90.5 Å². The fourth-order valence-corrected chi connectivity index (χ4v) is 9.05. The van der Waals surface area contributed by atoms with Crippen molar-refractivity contribution in [3.8, 4) is 21.9 Å². The van der Waals surface area contributed by atoms with Crippen molar-refractivity contribution in [1.82, 2.24) is 9.97 Å². The van der Waals surface area contributed by atoms with E-state index in [4.69, 9.17) is 18.3 Å². The first-order valence-corrected chi connectivity index (χ1v) is 24.2. The van der Waals surface area contributed by atoms with Gasteiger partial charge in [0.2, 0.25) is 0 Å². The SMILES string of the molecule is Cc1c(Cc2cccc(N=Cc3ccccc3)c2F)c(=O)oc2cc(Oc3nccs3)ccc12.O=c1oc2cc(Oc3nccs3)ccc2c(CBr)c1Cc1cccc(N=Cc2ccccc2)c1F. The summed E-state index contributed by atoms with van der Waals surface area (Å²) < 4.78 is 53.1. The lowest BCUT2D eigenvalue weighted by molar-refractivity contribution is 0.476. The van der Waals surface area contributed by atoms with Crippen LogP contribution in [0.2, 0.25) is 0 Å². The van der Waals surface area contributed by atoms with Gasteiger partial charge < -0.3 is 18.3 Å². The van der Waals surface area contributed by atoms with Crippen molar-refractivity contribution in [2.75, 3.05) is 0 Å². The molecule has 0 aliphatic carbocycles. The molecule has 10 rings (SSSR count). The Bertz CT molecular complexity index is 3590. The van der Waals surface area contributed by atoms with Crippen molar-refractivity contribution in [3.05, 3.63) is 234 Å². The first-order valence-electron chi connectivity index (χ1n) is 21.3. The molecule has 10 aromatic rings. The summed E-state index contributed by atoms with van der Waals surface area (Å²) in [6.45, 7) is 1.84. The van der Waals surface area contributed by atoms with Crippen LogP contribution in [-0.4, -0.2) is 22.4 Å². The zero-order valence-corrected chi connectivity index (χ0v) is 39.7. The second-order valence-electron chi connectivity index (χ2n) is 15.3. The third kappa shape index (κ3) is 11.0. The molecule has 0 aliphatic rings. The van der Waals surface area contributed by atoms with Gasteiger partial charge in [0, 0.05) is 87.8 Å². The van der Waals surface area contributed by atoms with Crippen LogP contribution in [0, 0.1) is 18.6 Å². The van der Waals surface area contributed by atoms with Gasteiger partial charge in [-0.2, -0.15) is 0 Å². The number of fused-ring (bicyclic) bond motifs is 2. The van der Waals surface area contributed by atoms with E-state index in [0.717, 1.165) is 33.0 Å². The maximum atomic E-state index is 15.3. The van der Waals surface area contributed by atoms with Gasteiger partial charge in [0.1, 0.15) is 22.7 Å². The first kappa shape index (κ1) is 46.4. The van der Waals surface area contributed by atoms with Gasteiger partial charge in [-0.05, 0) is 76.7 Å². The lowest BCUT2D eigenvalue weighted by Crippen LogP contribution is -2.12. The molecule has 15 heteroatoms. The molecule has 69 heavy (non-hydrogen) atoms. The van der Waals surface area contributed by atoms with Crippen molar-refractivity contribution in [3.63, 3.8) is 0 Å². The van der Waals surface area contributed by atoms with Gasteiger partial charge in [0.25, 0.3) is 10.4 Å². The lowest BCUT2D eigenvalue weighted by Gasteiger charge is -2.11. The predicted molar refractivity (Wildman–Crippen MR) is 273 cm³/mol. The number of benzene rings is 6. The van der Waals surface area contributed by atoms with Crippen molar-refractivity contribution in [2.24, 2.45) is 9.98 Å². The molecular formula is C54H37BrF2N4O6S2. The summed E-state index contributed by atoms with van der Waals surface area (Å²) in [6.07, 6.45) is 6.71. The third-order valence-electron chi connectivity index (χ3n) is 10.9. The molecule has 6 aromatic carbocycles. The summed E-state index contributed by atoms with van der Waals surface area (Å²) >= 11 is 6.22. The number of hydrogen-bond acceptors (Lipinski definition) is 12. The largest absolute Gasteiger partial charge is 0.431 e. The molecule has 0 atom stereocenters. The maximum Gasteiger partial charge on any atom is 0.340 e. The van der Waals surface area contributed by atoms with Crippen LogP contribution in [0.3, 0.4) is 0 Å². The van der Waals surface area contributed by atoms with E-state index in [9.17, 15) is 9.59 Å². The Labute approximate surface area is 409 Å². The molecule has 4 heterocycles. The number of aromatic nitrogens is 2. The number of hydrogen-bond donors (Lipinski definition) is 0. The highest BCUT2D eigenvalue weighted by Crippen LogP contribution is 2.33. The van der Waals surface area contributed by atoms with E-state index in [-0.39, 0.29) is 24.2 Å². The molecule has 0 unspecified atom stereocenters. The van der Waals surface area contributed by atoms with Crippen LogP contribution in [0.1, 0.15) is 44.5 Å². The molecule has 0 saturated carbocycles. The standard InChI is InChI=1S/C27H18BrFN2O3S.C27H19FN2O3S/c28-15-22-20-10-9-19(33-27-30-11-12-35-27)14-24(20)34-26(32)21(22)13-18-7-4-8-23(25(18)29)31-16-17-5-2-1-3-6-17;1-17-21-11-10-20(32-27-29-12-13-34-27)15-24(21)33-26(31)22(17)14-19-8-5-9-23(25(19)28)30-16-18-6-3-2-4-7-18/h1-12,14,16H,13,15H2;2-13,15-16H,14H2,1H3. The van der Waals surface area contributed by atoms with Crippen LogP contribution < -0.4 is 20.7 Å². The molecule has 0 saturated heterocycles. The van der Waals surface area contributed by atoms with Gasteiger partial charge in [0.05, 0.1) is 11.4 Å². The van der Waals surface area contributed by atoms with Gasteiger partial charge in [-0.15, -0.1) is 0 Å². The second kappa shape index (κ2) is 21.5. The average molecular weight is 1020 g/mol. The number of rotatable bonds is 13. The van der Waals surface area contributed by atoms with E-state index >= 15 is 8.78 Å². The summed E-state index contributed by atoms with van der Waals surface area (Å²) in [7, 11) is 0. The molecule has 0 spiro atoms. The van der Waals surface area contributed by atoms with Gasteiger partial charge in [-0.25, -0.2) is 28.3 Å². The highest BCUT2D eigenvalue weighted by Gasteiger charge is 2.19. The molecule has 0 amide bonds. The van der Waals surface area contributed by atoms with Crippen LogP contribution >= 0.6 is 38.6 Å². The Morgan fingerprint density at radius 2 is 1.07 bits per heavy atom. The molecule has 0 bridgehead atoms. The second-order valence-corrected chi connectivity index (χ2v) is 17.6. The van der Waals surface area contributed by atoms with Crippen molar-refractivity contribution >= 4 is 84.3 Å². The van der Waals surface area contributed by atoms with Crippen LogP contribution in [0.4, 0.5) is 20.2 Å². The van der Waals surface area contributed by atoms with E-state index in [0.29, 0.717) is 60.6 Å². The summed E-state index contributed by atoms with van der Waals surface area (Å²) in [5, 5.41) is 6.54. The Morgan fingerprint density at radius 3 is 1.57 bits per heavy atom. The zero-order chi connectivity index (χ0) is 47.7. The molecule has 0 aliphatic heterocycles. The quantitative estimate of drug-likeness (QED) is 0.0634. The van der Waals surface area contributed by atoms with Crippen molar-refractivity contribution in [2.45, 2.75) is 25.1 Å². The Balaban J connectivity index is 0.000000172. The fourth-order valence-electron chi connectivity index (χ4n) is 7.40. The predicted octanol–water partition coefficient (Wildman–Crippen LogP) is 14.2. The number of thiazole rings is 2. The number of aryl methyl sites for hydroxylation is 1. The van der Waals surface area contributed by atoms with E-state index < -0.39 is 22.9 Å². The number of halogens is 3. The lowest BCUT2D eigenvalue weighted by atomic mass is 9.99. The zero-order valence-electron chi connectivity index (χ0n) is 36.5. The smallest absolute Gasteiger partial charge is 0.340 e. The van der Waals surface area contributed by atoms with Crippen molar-refractivity contribution < 1.29 is 27.1 Å². The highest BCUT2D eigenvalue weighted by molar-refractivity contribution is 9.08. The Kier molecular flexibility index (Phi) is 14.4. The molecule has 0 N–H and O–H groups in total. The number of alkyl halides is 1. The molecule has 342 valence electrons. The maximum absolute atomic E-state index is 15.3. The van der Waals surface area contributed by atoms with Gasteiger partial charge in [-0.3, -0.25) is 9.98 Å². The van der Waals surface area contributed by atoms with Crippen LogP contribution in [0.25, 0.3) is 21.9 Å². The van der Waals surface area contributed by atoms with Gasteiger partial charge in [-0.1, -0.05) is 124 Å². The van der Waals surface area contributed by atoms with E-state index in [1.54, 1.807) is 85.5 Å². The molecule has 0 radical (unpaired) electrons. The summed E-state index contributed by atoms with van der Waals surface area (Å²) in [5.41, 5.74) is 4.97. The van der Waals surface area contributed by atoms with E-state index in [2.05, 4.69) is 35.9 Å². The number of ether oxygens (including phenoxy) is 2. The van der Waals surface area contributed by atoms with Crippen LogP contribution in [-0.2, 0) is 18.2 Å². The van der Waals surface area contributed by atoms with Crippen LogP contribution in [0.5, 0.6) is 21.9 Å². The number of aliphatic imine (C=N–C) groups is 2. The monoisotopic (exact) mass is 1020 g/mol. The minimum absolute atomic E-state index is 0.0805. The highest BCUT2D eigenvalue weighted by atomic mass is 79.9. The third-order valence-corrected chi connectivity index (χ3v) is 12.7. The molecule has 4 aromatic heterocycles. The molecular weight excluding hydrogens is 983 g/mol. The van der Waals surface area contributed by atoms with Gasteiger partial charge >= 0.3 is 11.3 Å². The normalized spacial score (nSPS) is 11.4. The van der Waals surface area contributed by atoms with Crippen molar-refractivity contribution in [1.29, 1.82) is 0 Å². The summed E-state index contributed by atoms with van der Waals surface area (Å²) in [5.74, 6) is 0.110. The molecule has 10 nitrogen and oxygen atoms in total. The minimum Gasteiger partial charge on any atom is -0.431 e. The molecule has 0 fully saturated rings.